The van der Waals surface area contributed by atoms with Crippen LogP contribution in [0.4, 0.5) is 5.13 Å². The molecule has 2 aliphatic heterocycles. The van der Waals surface area contributed by atoms with Crippen molar-refractivity contribution in [2.45, 2.75) is 25.7 Å². The van der Waals surface area contributed by atoms with Crippen LogP contribution in [0.15, 0.2) is 42.5 Å². The number of hydrogen-bond acceptors (Lipinski definition) is 10. The molecule has 4 N–H and O–H groups in total. The van der Waals surface area contributed by atoms with E-state index in [0.717, 1.165) is 80.7 Å². The molecule has 0 aliphatic carbocycles. The molecule has 11 heteroatoms. The van der Waals surface area contributed by atoms with E-state index in [1.54, 1.807) is 12.1 Å². The van der Waals surface area contributed by atoms with Crippen molar-refractivity contribution in [3.05, 3.63) is 52.9 Å². The number of unbranched alkanes of at least 4 members (excludes halogenated alkanes) is 2. The Morgan fingerprint density at radius 3 is 2.33 bits per heavy atom. The number of anilines is 1. The Labute approximate surface area is 256 Å². The smallest absolute Gasteiger partial charge is 0.186 e. The van der Waals surface area contributed by atoms with E-state index in [-0.39, 0.29) is 11.6 Å². The number of thioether (sulfide) groups is 1. The first-order valence-corrected chi connectivity index (χ1v) is 16.7. The Hall–Kier alpha value is -2.99. The lowest BCUT2D eigenvalue weighted by atomic mass is 10.1. The Morgan fingerprint density at radius 1 is 0.952 bits per heavy atom. The topological polar surface area (TPSA) is 117 Å². The van der Waals surface area contributed by atoms with Crippen LogP contribution in [0.25, 0.3) is 11.3 Å². The molecule has 2 fully saturated rings. The van der Waals surface area contributed by atoms with Gasteiger partial charge in [-0.25, -0.2) is 4.98 Å². The fourth-order valence-electron chi connectivity index (χ4n) is 5.01. The van der Waals surface area contributed by atoms with Gasteiger partial charge >= 0.3 is 0 Å². The van der Waals surface area contributed by atoms with Gasteiger partial charge in [0, 0.05) is 60.7 Å². The van der Waals surface area contributed by atoms with Crippen LogP contribution in [0.1, 0.15) is 29.7 Å². The fraction of sp³-hybridized carbons (Fsp3) is 0.484. The molecule has 0 radical (unpaired) electrons. The molecule has 0 spiro atoms. The molecular formula is C31H41N5O4S2. The number of ether oxygens (including phenoxy) is 3. The molecule has 0 atom stereocenters. The highest BCUT2D eigenvalue weighted by atomic mass is 32.2. The summed E-state index contributed by atoms with van der Waals surface area (Å²) in [4.78, 5) is 11.4. The molecule has 9 nitrogen and oxygen atoms in total. The minimum atomic E-state index is -0.165. The molecule has 1 aromatic heterocycles. The number of nitrogens with two attached hydrogens (primary N) is 1. The normalized spacial score (nSPS) is 16.0. The molecule has 3 aromatic rings. The number of thiazole rings is 1. The highest BCUT2D eigenvalue weighted by Crippen LogP contribution is 2.35. The van der Waals surface area contributed by atoms with Gasteiger partial charge in [-0.3, -0.25) is 5.41 Å². The number of nitrogen functional groups attached to an aromatic ring is 1. The molecule has 3 heterocycles. The van der Waals surface area contributed by atoms with E-state index in [1.165, 1.54) is 35.5 Å². The van der Waals surface area contributed by atoms with Crippen LogP contribution in [0.2, 0.25) is 0 Å². The quantitative estimate of drug-likeness (QED) is 0.134. The molecule has 0 unspecified atom stereocenters. The average molecular weight is 612 g/mol. The molecule has 0 amide bonds. The Balaban J connectivity index is 1.09. The molecule has 2 saturated heterocycles. The summed E-state index contributed by atoms with van der Waals surface area (Å²) >= 11 is 3.89. The predicted molar refractivity (Wildman–Crippen MR) is 172 cm³/mol. The predicted octanol–water partition coefficient (Wildman–Crippen LogP) is 4.86. The number of benzene rings is 2. The van der Waals surface area contributed by atoms with E-state index in [2.05, 4.69) is 45.8 Å². The van der Waals surface area contributed by atoms with Crippen molar-refractivity contribution in [2.24, 2.45) is 5.73 Å². The molecule has 2 aliphatic rings. The second-order valence-electron chi connectivity index (χ2n) is 10.4. The number of aromatic nitrogens is 1. The number of morpholine rings is 1. The van der Waals surface area contributed by atoms with Gasteiger partial charge in [-0.2, -0.15) is 11.8 Å². The lowest BCUT2D eigenvalue weighted by Crippen LogP contribution is -2.36. The van der Waals surface area contributed by atoms with Gasteiger partial charge in [-0.1, -0.05) is 0 Å². The standard InChI is InChI=1S/C31H41N5O4S2/c32-30(33)26-9-8-25(22-27(26)37)40-17-3-1-2-16-39-24-6-4-23(5-7-24)29-28(10-11-35-14-20-41-21-15-35)42-31(34-29)36-12-18-38-19-13-36/h4-9,22,37H,1-3,10-21H2,(H3,32,33). The number of phenolic OH excluding ortho intramolecular Hbond substituents is 1. The van der Waals surface area contributed by atoms with E-state index in [0.29, 0.717) is 24.5 Å². The van der Waals surface area contributed by atoms with Crippen LogP contribution >= 0.6 is 23.1 Å². The molecule has 5 rings (SSSR count). The maximum Gasteiger partial charge on any atom is 0.186 e. The first kappa shape index (κ1) is 30.5. The number of amidine groups is 1. The molecule has 42 heavy (non-hydrogen) atoms. The highest BCUT2D eigenvalue weighted by molar-refractivity contribution is 7.99. The second kappa shape index (κ2) is 15.5. The fourth-order valence-corrected chi connectivity index (χ4v) is 7.11. The zero-order valence-electron chi connectivity index (χ0n) is 24.1. The van der Waals surface area contributed by atoms with Gasteiger partial charge in [0.05, 0.1) is 37.7 Å². The number of aromatic hydroxyl groups is 1. The SMILES string of the molecule is N=C(N)c1ccc(OCCCCCOc2ccc(-c3nc(N4CCOCC4)sc3CCN3CCSCC3)cc2)cc1O. The van der Waals surface area contributed by atoms with Crippen LogP contribution in [0.5, 0.6) is 17.2 Å². The van der Waals surface area contributed by atoms with Gasteiger partial charge < -0.3 is 34.9 Å². The van der Waals surface area contributed by atoms with Crippen molar-refractivity contribution < 1.29 is 19.3 Å². The van der Waals surface area contributed by atoms with Crippen LogP contribution in [-0.2, 0) is 11.2 Å². The minimum absolute atomic E-state index is 0.0420. The second-order valence-corrected chi connectivity index (χ2v) is 12.7. The molecule has 2 aromatic carbocycles. The largest absolute Gasteiger partial charge is 0.507 e. The Kier molecular flexibility index (Phi) is 11.2. The number of hydrogen-bond donors (Lipinski definition) is 3. The van der Waals surface area contributed by atoms with E-state index in [1.807, 2.05) is 11.3 Å². The van der Waals surface area contributed by atoms with Crippen molar-refractivity contribution in [1.82, 2.24) is 9.88 Å². The summed E-state index contributed by atoms with van der Waals surface area (Å²) in [5.41, 5.74) is 7.99. The molecular weight excluding hydrogens is 571 g/mol. The van der Waals surface area contributed by atoms with E-state index < -0.39 is 0 Å². The Bertz CT molecular complexity index is 1290. The number of rotatable bonds is 14. The number of nitrogens with zero attached hydrogens (tertiary/aromatic N) is 3. The van der Waals surface area contributed by atoms with Crippen molar-refractivity contribution in [1.29, 1.82) is 5.41 Å². The lowest BCUT2D eigenvalue weighted by molar-refractivity contribution is 0.122. The van der Waals surface area contributed by atoms with Gasteiger partial charge in [-0.05, 0) is 62.1 Å². The molecule has 226 valence electrons. The zero-order chi connectivity index (χ0) is 29.1. The minimum Gasteiger partial charge on any atom is -0.507 e. The summed E-state index contributed by atoms with van der Waals surface area (Å²) in [5.74, 6) is 3.69. The monoisotopic (exact) mass is 611 g/mol. The van der Waals surface area contributed by atoms with E-state index >= 15 is 0 Å². The van der Waals surface area contributed by atoms with Crippen LogP contribution in [-0.4, -0.2) is 91.5 Å². The summed E-state index contributed by atoms with van der Waals surface area (Å²) in [6, 6.07) is 13.2. The lowest BCUT2D eigenvalue weighted by Gasteiger charge is -2.26. The Morgan fingerprint density at radius 2 is 1.64 bits per heavy atom. The van der Waals surface area contributed by atoms with Gasteiger partial charge in [0.15, 0.2) is 5.13 Å². The first-order chi connectivity index (χ1) is 20.6. The van der Waals surface area contributed by atoms with Crippen molar-refractivity contribution in [2.75, 3.05) is 75.6 Å². The summed E-state index contributed by atoms with van der Waals surface area (Å²) in [5, 5.41) is 18.5. The summed E-state index contributed by atoms with van der Waals surface area (Å²) in [6.45, 7) is 7.93. The average Bonchev–Trinajstić information content (AvgIpc) is 3.45. The van der Waals surface area contributed by atoms with Crippen molar-refractivity contribution >= 4 is 34.1 Å². The summed E-state index contributed by atoms with van der Waals surface area (Å²) in [6.07, 6.45) is 3.80. The third-order valence-corrected chi connectivity index (χ3v) is 9.56. The van der Waals surface area contributed by atoms with Crippen LogP contribution in [0, 0.1) is 5.41 Å². The summed E-state index contributed by atoms with van der Waals surface area (Å²) < 4.78 is 17.3. The van der Waals surface area contributed by atoms with Gasteiger partial charge in [0.25, 0.3) is 0 Å². The van der Waals surface area contributed by atoms with Gasteiger partial charge in [0.1, 0.15) is 23.1 Å². The third kappa shape index (κ3) is 8.53. The maximum absolute atomic E-state index is 9.94. The van der Waals surface area contributed by atoms with Crippen molar-refractivity contribution in [3.8, 4) is 28.5 Å². The maximum atomic E-state index is 9.94. The van der Waals surface area contributed by atoms with Crippen molar-refractivity contribution in [3.63, 3.8) is 0 Å². The van der Waals surface area contributed by atoms with E-state index in [4.69, 9.17) is 30.3 Å². The van der Waals surface area contributed by atoms with Gasteiger partial charge in [-0.15, -0.1) is 11.3 Å². The van der Waals surface area contributed by atoms with E-state index in [9.17, 15) is 5.11 Å². The van der Waals surface area contributed by atoms with Gasteiger partial charge in [0.2, 0.25) is 0 Å². The first-order valence-electron chi connectivity index (χ1n) is 14.7. The highest BCUT2D eigenvalue weighted by Gasteiger charge is 2.21. The number of phenols is 1. The van der Waals surface area contributed by atoms with Crippen LogP contribution < -0.4 is 20.1 Å². The zero-order valence-corrected chi connectivity index (χ0v) is 25.7. The molecule has 0 saturated carbocycles. The summed E-state index contributed by atoms with van der Waals surface area (Å²) in [7, 11) is 0. The third-order valence-electron chi connectivity index (χ3n) is 7.44. The molecule has 0 bridgehead atoms. The van der Waals surface area contributed by atoms with Crippen LogP contribution in [0.3, 0.4) is 0 Å². The number of nitrogens with one attached hydrogen (secondary N) is 1.